The van der Waals surface area contributed by atoms with Gasteiger partial charge in [-0.2, -0.15) is 0 Å². The summed E-state index contributed by atoms with van der Waals surface area (Å²) in [5.74, 6) is -1.64. The number of carbonyl (C=O) groups is 3. The van der Waals surface area contributed by atoms with Crippen LogP contribution in [0.25, 0.3) is 0 Å². The molecule has 2 aromatic rings. The predicted molar refractivity (Wildman–Crippen MR) is 208 cm³/mol. The number of hydrogen-bond donors (Lipinski definition) is 5. The first-order valence-corrected chi connectivity index (χ1v) is 20.7. The van der Waals surface area contributed by atoms with E-state index in [9.17, 15) is 24.9 Å². The van der Waals surface area contributed by atoms with Crippen LogP contribution in [0.1, 0.15) is 115 Å². The van der Waals surface area contributed by atoms with E-state index in [-0.39, 0.29) is 49.6 Å². The number of nitrogens with one attached hydrogen (secondary N) is 1. The number of aliphatic hydroxyl groups excluding tert-OH is 2. The van der Waals surface area contributed by atoms with E-state index in [0.717, 1.165) is 63.5 Å². The van der Waals surface area contributed by atoms with E-state index in [1.807, 2.05) is 32.0 Å². The molecule has 2 fully saturated rings. The maximum absolute atomic E-state index is 15.1. The molecular formula is C40H64N6O6S. The third kappa shape index (κ3) is 13.9. The molecule has 0 radical (unpaired) electrons. The van der Waals surface area contributed by atoms with E-state index in [1.54, 1.807) is 28.4 Å². The van der Waals surface area contributed by atoms with Crippen molar-refractivity contribution in [2.45, 2.75) is 140 Å². The summed E-state index contributed by atoms with van der Waals surface area (Å²) in [6.07, 6.45) is 10.7. The lowest BCUT2D eigenvalue weighted by Crippen LogP contribution is -2.58. The van der Waals surface area contributed by atoms with Crippen molar-refractivity contribution in [2.24, 2.45) is 17.8 Å². The lowest BCUT2D eigenvalue weighted by molar-refractivity contribution is -0.152. The minimum absolute atomic E-state index is 0.00551. The van der Waals surface area contributed by atoms with Gasteiger partial charge in [0.15, 0.2) is 5.13 Å². The zero-order valence-electron chi connectivity index (χ0n) is 32.1. The van der Waals surface area contributed by atoms with Crippen LogP contribution < -0.4 is 11.1 Å². The van der Waals surface area contributed by atoms with E-state index in [1.165, 1.54) is 11.3 Å². The topological polar surface area (TPSA) is 182 Å². The van der Waals surface area contributed by atoms with Crippen molar-refractivity contribution in [3.05, 3.63) is 41.2 Å². The number of pyridine rings is 1. The Labute approximate surface area is 320 Å². The molecule has 0 aromatic carbocycles. The number of rotatable bonds is 19. The van der Waals surface area contributed by atoms with Crippen molar-refractivity contribution < 1.29 is 29.7 Å². The van der Waals surface area contributed by atoms with Crippen LogP contribution in [0.2, 0.25) is 0 Å². The summed E-state index contributed by atoms with van der Waals surface area (Å²) in [6, 6.07) is 4.87. The Morgan fingerprint density at radius 1 is 1.04 bits per heavy atom. The largest absolute Gasteiger partial charge is 0.390 e. The highest BCUT2D eigenvalue weighted by atomic mass is 32.1. The lowest BCUT2D eigenvalue weighted by atomic mass is 9.80. The first-order chi connectivity index (χ1) is 25.3. The molecular weight excluding hydrogens is 693 g/mol. The Hall–Kier alpha value is -3.13. The number of carbonyl (C=O) groups excluding carboxylic acids is 3. The van der Waals surface area contributed by atoms with E-state index in [4.69, 9.17) is 5.73 Å². The lowest BCUT2D eigenvalue weighted by Gasteiger charge is -2.44. The molecule has 2 heterocycles. The number of nitrogens with two attached hydrogens (primary N) is 1. The van der Waals surface area contributed by atoms with Crippen LogP contribution in [-0.2, 0) is 27.2 Å². The first kappa shape index (κ1) is 42.6. The van der Waals surface area contributed by atoms with Gasteiger partial charge in [-0.1, -0.05) is 77.7 Å². The normalized spacial score (nSPS) is 18.8. The molecule has 6 N–H and O–H groups in total. The second kappa shape index (κ2) is 21.1. The average molecular weight is 757 g/mol. The van der Waals surface area contributed by atoms with Crippen molar-refractivity contribution >= 4 is 34.2 Å². The Morgan fingerprint density at radius 2 is 1.74 bits per heavy atom. The van der Waals surface area contributed by atoms with E-state index < -0.39 is 35.7 Å². The van der Waals surface area contributed by atoms with Crippen LogP contribution in [-0.4, -0.2) is 103 Å². The van der Waals surface area contributed by atoms with E-state index >= 15 is 4.79 Å². The minimum Gasteiger partial charge on any atom is -0.390 e. The molecule has 4 atom stereocenters. The van der Waals surface area contributed by atoms with Gasteiger partial charge in [-0.15, -0.1) is 11.3 Å². The SMILES string of the molecule is CC(C)C[C@H](O)[C@H](O)[C@H](CC1CCCCC1)N(CC1(O)CCCCCC1)C(=O)[C@@H](CC(=O)NCC(=O)N(C)CCc1ccccn1)Cc1csc(N)n1. The van der Waals surface area contributed by atoms with Gasteiger partial charge in [0.25, 0.3) is 0 Å². The fraction of sp³-hybridized carbons (Fsp3) is 0.725. The highest BCUT2D eigenvalue weighted by molar-refractivity contribution is 7.13. The zero-order valence-corrected chi connectivity index (χ0v) is 32.9. The smallest absolute Gasteiger partial charge is 0.241 e. The fourth-order valence-electron chi connectivity index (χ4n) is 8.02. The van der Waals surface area contributed by atoms with Gasteiger partial charge in [0.05, 0.1) is 35.9 Å². The van der Waals surface area contributed by atoms with Crippen LogP contribution in [0, 0.1) is 17.8 Å². The van der Waals surface area contributed by atoms with Gasteiger partial charge in [-0.25, -0.2) is 4.98 Å². The summed E-state index contributed by atoms with van der Waals surface area (Å²) >= 11 is 1.25. The molecule has 0 bridgehead atoms. The number of anilines is 1. The van der Waals surface area contributed by atoms with Crippen molar-refractivity contribution in [2.75, 3.05) is 32.4 Å². The molecule has 0 saturated heterocycles. The summed E-state index contributed by atoms with van der Waals surface area (Å²) in [5, 5.41) is 40.2. The summed E-state index contributed by atoms with van der Waals surface area (Å²) < 4.78 is 0. The summed E-state index contributed by atoms with van der Waals surface area (Å²) in [5.41, 5.74) is 6.25. The first-order valence-electron chi connectivity index (χ1n) is 19.8. The highest BCUT2D eigenvalue weighted by Gasteiger charge is 2.43. The van der Waals surface area contributed by atoms with Gasteiger partial charge in [0.1, 0.15) is 6.10 Å². The quantitative estimate of drug-likeness (QED) is 0.129. The van der Waals surface area contributed by atoms with Gasteiger partial charge in [0, 0.05) is 56.7 Å². The molecule has 0 unspecified atom stereocenters. The second-order valence-electron chi connectivity index (χ2n) is 16.0. The van der Waals surface area contributed by atoms with Crippen molar-refractivity contribution in [1.82, 2.24) is 25.1 Å². The number of aliphatic hydroxyl groups is 3. The van der Waals surface area contributed by atoms with Crippen LogP contribution >= 0.6 is 11.3 Å². The molecule has 0 spiro atoms. The molecule has 4 rings (SSSR count). The number of amides is 3. The Bertz CT molecular complexity index is 1410. The van der Waals surface area contributed by atoms with E-state index in [2.05, 4.69) is 15.3 Å². The monoisotopic (exact) mass is 756 g/mol. The minimum atomic E-state index is -1.23. The maximum Gasteiger partial charge on any atom is 0.241 e. The number of likely N-dealkylation sites (N-methyl/N-ethyl adjacent to an activating group) is 1. The standard InChI is InChI=1S/C40H64N6O6S/c1-28(2)21-34(47)37(50)33(22-29-13-7-6-8-14-29)46(27-40(52)17-10-4-5-11-18-40)38(51)30(23-32-26-53-39(41)44-32)24-35(48)43-25-36(49)45(3)20-16-31-15-9-12-19-42-31/h9,12,15,19,26,28-30,33-34,37,47,50,52H,4-8,10-11,13-14,16-18,20-25,27H2,1-3H3,(H2,41,44)(H,43,48)/t30-,33+,34+,37-/m1/s1. The van der Waals surface area contributed by atoms with Crippen molar-refractivity contribution in [3.63, 3.8) is 0 Å². The van der Waals surface area contributed by atoms with Crippen LogP contribution in [0.15, 0.2) is 29.8 Å². The Balaban J connectivity index is 1.59. The fourth-order valence-corrected chi connectivity index (χ4v) is 8.60. The molecule has 296 valence electrons. The number of nitrogens with zero attached hydrogens (tertiary/aromatic N) is 4. The molecule has 2 aliphatic carbocycles. The number of aromatic nitrogens is 2. The van der Waals surface area contributed by atoms with Gasteiger partial charge in [-0.05, 0) is 49.7 Å². The Morgan fingerprint density at radius 3 is 2.36 bits per heavy atom. The summed E-state index contributed by atoms with van der Waals surface area (Å²) in [4.78, 5) is 53.5. The third-order valence-electron chi connectivity index (χ3n) is 11.1. The second-order valence-corrected chi connectivity index (χ2v) is 16.9. The molecule has 13 heteroatoms. The molecule has 3 amide bonds. The maximum atomic E-state index is 15.1. The van der Waals surface area contributed by atoms with Gasteiger partial charge < -0.3 is 36.2 Å². The molecule has 53 heavy (non-hydrogen) atoms. The number of thiazole rings is 1. The third-order valence-corrected chi connectivity index (χ3v) is 11.8. The van der Waals surface area contributed by atoms with Crippen LogP contribution in [0.5, 0.6) is 0 Å². The zero-order chi connectivity index (χ0) is 38.4. The number of hydrogen-bond acceptors (Lipinski definition) is 10. The van der Waals surface area contributed by atoms with Crippen molar-refractivity contribution in [3.8, 4) is 0 Å². The van der Waals surface area contributed by atoms with Gasteiger partial charge in [-0.3, -0.25) is 19.4 Å². The van der Waals surface area contributed by atoms with Gasteiger partial charge in [0.2, 0.25) is 17.7 Å². The summed E-state index contributed by atoms with van der Waals surface area (Å²) in [6.45, 7) is 4.19. The predicted octanol–water partition coefficient (Wildman–Crippen LogP) is 4.51. The highest BCUT2D eigenvalue weighted by Crippen LogP contribution is 2.35. The molecule has 12 nitrogen and oxygen atoms in total. The average Bonchev–Trinajstić information content (AvgIpc) is 3.43. The summed E-state index contributed by atoms with van der Waals surface area (Å²) in [7, 11) is 1.68. The number of nitrogen functional groups attached to an aromatic ring is 1. The molecule has 2 saturated carbocycles. The Kier molecular flexibility index (Phi) is 17.0. The van der Waals surface area contributed by atoms with Gasteiger partial charge >= 0.3 is 0 Å². The molecule has 2 aliphatic rings. The van der Waals surface area contributed by atoms with Crippen LogP contribution in [0.4, 0.5) is 5.13 Å². The van der Waals surface area contributed by atoms with E-state index in [0.29, 0.717) is 49.5 Å². The molecule has 2 aromatic heterocycles. The van der Waals surface area contributed by atoms with Crippen molar-refractivity contribution in [1.29, 1.82) is 0 Å². The van der Waals surface area contributed by atoms with Crippen LogP contribution in [0.3, 0.4) is 0 Å². The molecule has 0 aliphatic heterocycles.